The van der Waals surface area contributed by atoms with Crippen molar-refractivity contribution in [3.05, 3.63) is 35.9 Å². The molecule has 0 N–H and O–H groups in total. The van der Waals surface area contributed by atoms with E-state index in [1.807, 2.05) is 6.07 Å². The van der Waals surface area contributed by atoms with E-state index in [9.17, 15) is 18.4 Å². The van der Waals surface area contributed by atoms with Crippen LogP contribution in [0.4, 0.5) is 13.2 Å². The van der Waals surface area contributed by atoms with Gasteiger partial charge in [0.25, 0.3) is 0 Å². The van der Waals surface area contributed by atoms with Gasteiger partial charge < -0.3 is 14.2 Å². The molecule has 1 aliphatic heterocycles. The van der Waals surface area contributed by atoms with Crippen molar-refractivity contribution in [1.82, 2.24) is 24.4 Å². The summed E-state index contributed by atoms with van der Waals surface area (Å²) in [7, 11) is 1.74. The number of nitriles is 1. The summed E-state index contributed by atoms with van der Waals surface area (Å²) in [6.45, 7) is 5.28. The number of hydrogen-bond donors (Lipinski definition) is 0. The highest BCUT2D eigenvalue weighted by Crippen LogP contribution is 2.38. The molecule has 4 heterocycles. The molecule has 0 amide bonds. The first-order chi connectivity index (χ1) is 15.8. The Bertz CT molecular complexity index is 1190. The highest BCUT2D eigenvalue weighted by atomic mass is 35.5. The largest absolute Gasteiger partial charge is 0.477 e. The molecule has 4 rings (SSSR count). The van der Waals surface area contributed by atoms with E-state index in [0.717, 1.165) is 38.5 Å². The number of piperidine rings is 1. The lowest BCUT2D eigenvalue weighted by molar-refractivity contribution is -0.139. The average Bonchev–Trinajstić information content (AvgIpc) is 3.18. The summed E-state index contributed by atoms with van der Waals surface area (Å²) in [6, 6.07) is 4.55. The number of likely N-dealkylation sites (tertiary alicyclic amines) is 1. The molecule has 0 aromatic carbocycles. The second kappa shape index (κ2) is 10.6. The van der Waals surface area contributed by atoms with Crippen LogP contribution < -0.4 is 4.74 Å². The number of nitrogens with zero attached hydrogens (tertiary/aromatic N) is 6. The summed E-state index contributed by atoms with van der Waals surface area (Å²) in [5.41, 5.74) is -0.127. The van der Waals surface area contributed by atoms with E-state index in [1.165, 1.54) is 6.20 Å². The second-order valence-corrected chi connectivity index (χ2v) is 8.28. The van der Waals surface area contributed by atoms with Crippen LogP contribution in [-0.4, -0.2) is 50.7 Å². The molecule has 34 heavy (non-hydrogen) atoms. The molecule has 1 saturated heterocycles. The quantitative estimate of drug-likeness (QED) is 0.487. The maximum atomic E-state index is 13.9. The smallest absolute Gasteiger partial charge is 0.421 e. The number of aromatic nitrogens is 4. The number of rotatable bonds is 6. The monoisotopic (exact) mass is 494 g/mol. The van der Waals surface area contributed by atoms with Gasteiger partial charge in [-0.2, -0.15) is 18.4 Å². The Morgan fingerprint density at radius 3 is 2.79 bits per heavy atom. The van der Waals surface area contributed by atoms with Gasteiger partial charge in [0.15, 0.2) is 0 Å². The fourth-order valence-electron chi connectivity index (χ4n) is 4.30. The van der Waals surface area contributed by atoms with Crippen LogP contribution >= 0.6 is 12.4 Å². The summed E-state index contributed by atoms with van der Waals surface area (Å²) >= 11 is 0. The van der Waals surface area contributed by atoms with Gasteiger partial charge in [-0.25, -0.2) is 15.0 Å². The number of ether oxygens (including phenoxy) is 1. The van der Waals surface area contributed by atoms with Crippen molar-refractivity contribution in [2.75, 3.05) is 26.2 Å². The molecular formula is C23H26ClF3N6O. The summed E-state index contributed by atoms with van der Waals surface area (Å²) in [4.78, 5) is 14.7. The predicted molar refractivity (Wildman–Crippen MR) is 124 cm³/mol. The van der Waals surface area contributed by atoms with Crippen molar-refractivity contribution in [2.24, 2.45) is 13.0 Å². The molecule has 0 saturated carbocycles. The van der Waals surface area contributed by atoms with E-state index in [0.29, 0.717) is 23.4 Å². The molecule has 182 valence electrons. The summed E-state index contributed by atoms with van der Waals surface area (Å²) < 4.78 is 48.8. The SMILES string of the molecule is CCN1CCCC(CCOc2ncc(-c3nc(C#N)nc4c3ccn4C)cc2C(F)(F)F)C1.Cl. The van der Waals surface area contributed by atoms with Crippen molar-refractivity contribution in [2.45, 2.75) is 32.4 Å². The van der Waals surface area contributed by atoms with Gasteiger partial charge in [0.1, 0.15) is 17.3 Å². The van der Waals surface area contributed by atoms with Crippen LogP contribution in [-0.2, 0) is 13.2 Å². The Labute approximate surface area is 202 Å². The molecule has 0 spiro atoms. The summed E-state index contributed by atoms with van der Waals surface area (Å²) in [6.07, 6.45) is 1.20. The van der Waals surface area contributed by atoms with E-state index in [4.69, 9.17) is 4.74 Å². The minimum Gasteiger partial charge on any atom is -0.477 e. The van der Waals surface area contributed by atoms with E-state index in [-0.39, 0.29) is 36.1 Å². The number of alkyl halides is 3. The molecule has 11 heteroatoms. The Kier molecular flexibility index (Phi) is 8.00. The van der Waals surface area contributed by atoms with Crippen LogP contribution in [0.25, 0.3) is 22.3 Å². The highest BCUT2D eigenvalue weighted by molar-refractivity contribution is 5.91. The molecule has 0 radical (unpaired) electrons. The van der Waals surface area contributed by atoms with Crippen molar-refractivity contribution in [3.63, 3.8) is 0 Å². The molecule has 0 aliphatic carbocycles. The molecule has 1 fully saturated rings. The topological polar surface area (TPSA) is 79.9 Å². The molecule has 3 aromatic rings. The average molecular weight is 495 g/mol. The van der Waals surface area contributed by atoms with Crippen LogP contribution in [0.3, 0.4) is 0 Å². The first kappa shape index (κ1) is 25.7. The Balaban J connectivity index is 0.00000324. The van der Waals surface area contributed by atoms with Crippen LogP contribution in [0, 0.1) is 17.2 Å². The Morgan fingerprint density at radius 2 is 2.09 bits per heavy atom. The second-order valence-electron chi connectivity index (χ2n) is 8.28. The third kappa shape index (κ3) is 5.42. The fraction of sp³-hybridized carbons (Fsp3) is 0.478. The summed E-state index contributed by atoms with van der Waals surface area (Å²) in [5.74, 6) is -0.154. The normalized spacial score (nSPS) is 16.8. The van der Waals surface area contributed by atoms with E-state index in [2.05, 4.69) is 26.8 Å². The lowest BCUT2D eigenvalue weighted by Crippen LogP contribution is -2.35. The van der Waals surface area contributed by atoms with Gasteiger partial charge in [0, 0.05) is 36.9 Å². The van der Waals surface area contributed by atoms with E-state index in [1.54, 1.807) is 23.9 Å². The van der Waals surface area contributed by atoms with Crippen molar-refractivity contribution >= 4 is 23.4 Å². The Hall–Kier alpha value is -2.90. The van der Waals surface area contributed by atoms with Crippen LogP contribution in [0.5, 0.6) is 5.88 Å². The zero-order chi connectivity index (χ0) is 23.6. The lowest BCUT2D eigenvalue weighted by Gasteiger charge is -2.31. The minimum absolute atomic E-state index is 0. The lowest BCUT2D eigenvalue weighted by atomic mass is 9.95. The van der Waals surface area contributed by atoms with Crippen LogP contribution in [0.1, 0.15) is 37.6 Å². The predicted octanol–water partition coefficient (Wildman–Crippen LogP) is 4.84. The third-order valence-electron chi connectivity index (χ3n) is 6.07. The number of halogens is 4. The van der Waals surface area contributed by atoms with Crippen molar-refractivity contribution in [3.8, 4) is 23.2 Å². The van der Waals surface area contributed by atoms with Gasteiger partial charge in [-0.05, 0) is 50.4 Å². The zero-order valence-corrected chi connectivity index (χ0v) is 19.8. The molecule has 1 atom stereocenters. The molecular weight excluding hydrogens is 469 g/mol. The molecule has 3 aromatic heterocycles. The number of fused-ring (bicyclic) bond motifs is 1. The standard InChI is InChI=1S/C23H25F3N6O.ClH/c1-3-32-8-4-5-15(14-32)7-10-33-22-18(23(24,25)26)11-16(13-28-22)20-17-6-9-31(2)21(17)30-19(12-27)29-20;/h6,9,11,13,15H,3-5,7-8,10,14H2,1-2H3;1H. The van der Waals surface area contributed by atoms with Gasteiger partial charge in [-0.15, -0.1) is 12.4 Å². The van der Waals surface area contributed by atoms with Crippen LogP contribution in [0.2, 0.25) is 0 Å². The molecule has 1 unspecified atom stereocenters. The minimum atomic E-state index is -4.65. The van der Waals surface area contributed by atoms with Crippen molar-refractivity contribution < 1.29 is 17.9 Å². The maximum absolute atomic E-state index is 13.9. The first-order valence-electron chi connectivity index (χ1n) is 11.0. The number of pyridine rings is 1. The van der Waals surface area contributed by atoms with Crippen molar-refractivity contribution in [1.29, 1.82) is 5.26 Å². The van der Waals surface area contributed by atoms with Gasteiger partial charge in [-0.3, -0.25) is 0 Å². The van der Waals surface area contributed by atoms with Gasteiger partial charge in [0.2, 0.25) is 11.7 Å². The number of aryl methyl sites for hydroxylation is 1. The molecule has 0 bridgehead atoms. The first-order valence-corrected chi connectivity index (χ1v) is 11.0. The van der Waals surface area contributed by atoms with Gasteiger partial charge in [-0.1, -0.05) is 6.92 Å². The fourth-order valence-corrected chi connectivity index (χ4v) is 4.30. The van der Waals surface area contributed by atoms with Gasteiger partial charge in [0.05, 0.1) is 12.3 Å². The van der Waals surface area contributed by atoms with E-state index < -0.39 is 17.6 Å². The van der Waals surface area contributed by atoms with Crippen LogP contribution in [0.15, 0.2) is 24.5 Å². The van der Waals surface area contributed by atoms with E-state index >= 15 is 0 Å². The molecule has 7 nitrogen and oxygen atoms in total. The maximum Gasteiger partial charge on any atom is 0.421 e. The van der Waals surface area contributed by atoms with Gasteiger partial charge >= 0.3 is 6.18 Å². The Morgan fingerprint density at radius 1 is 1.29 bits per heavy atom. The number of hydrogen-bond acceptors (Lipinski definition) is 6. The highest BCUT2D eigenvalue weighted by Gasteiger charge is 2.36. The third-order valence-corrected chi connectivity index (χ3v) is 6.07. The summed E-state index contributed by atoms with van der Waals surface area (Å²) in [5, 5.41) is 9.80. The molecule has 1 aliphatic rings. The zero-order valence-electron chi connectivity index (χ0n) is 19.0.